The number of nitrogens with one attached hydrogen (secondary N) is 2. The molecule has 5 rings (SSSR count). The minimum absolute atomic E-state index is 0.167. The predicted molar refractivity (Wildman–Crippen MR) is 128 cm³/mol. The second-order valence-corrected chi connectivity index (χ2v) is 8.48. The number of aryl methyl sites for hydroxylation is 1. The molecule has 0 aliphatic carbocycles. The van der Waals surface area contributed by atoms with Gasteiger partial charge in [-0.15, -0.1) is 0 Å². The van der Waals surface area contributed by atoms with Crippen molar-refractivity contribution in [2.75, 3.05) is 37.6 Å². The summed E-state index contributed by atoms with van der Waals surface area (Å²) < 4.78 is 16.3. The molecular formula is C24H26FN7O2. The summed E-state index contributed by atoms with van der Waals surface area (Å²) >= 11 is 0. The molecule has 34 heavy (non-hydrogen) atoms. The fourth-order valence-electron chi connectivity index (χ4n) is 4.57. The number of H-pyrrole nitrogens is 1. The Morgan fingerprint density at radius 1 is 1.18 bits per heavy atom. The average molecular weight is 464 g/mol. The van der Waals surface area contributed by atoms with Crippen molar-refractivity contribution in [2.45, 2.75) is 20.4 Å². The van der Waals surface area contributed by atoms with Crippen molar-refractivity contribution in [1.82, 2.24) is 29.8 Å². The molecule has 3 aromatic heterocycles. The van der Waals surface area contributed by atoms with Gasteiger partial charge in [0.1, 0.15) is 16.7 Å². The van der Waals surface area contributed by atoms with Crippen LogP contribution >= 0.6 is 0 Å². The van der Waals surface area contributed by atoms with Crippen LogP contribution < -0.4 is 15.8 Å². The normalized spacial score (nSPS) is 14.7. The zero-order chi connectivity index (χ0) is 23.8. The Labute approximate surface area is 195 Å². The van der Waals surface area contributed by atoms with Crippen LogP contribution in [0, 0.1) is 12.7 Å². The maximum Gasteiger partial charge on any atom is 0.274 e. The van der Waals surface area contributed by atoms with Crippen LogP contribution in [0.1, 0.15) is 28.7 Å². The monoisotopic (exact) mass is 463 g/mol. The SMILES string of the molecule is CCNC(=O)c1ccc(N2CCN(Cc3cc(F)c4c(c3)[nH]c(=O)c3ccnn34)CC2)c(C)n1. The molecule has 0 unspecified atom stereocenters. The van der Waals surface area contributed by atoms with E-state index in [2.05, 4.69) is 30.2 Å². The summed E-state index contributed by atoms with van der Waals surface area (Å²) in [5.74, 6) is -0.579. The number of aromatic nitrogens is 4. The molecule has 0 atom stereocenters. The van der Waals surface area contributed by atoms with Crippen molar-refractivity contribution in [1.29, 1.82) is 0 Å². The molecule has 1 amide bonds. The van der Waals surface area contributed by atoms with Crippen molar-refractivity contribution in [3.63, 3.8) is 0 Å². The zero-order valence-electron chi connectivity index (χ0n) is 19.1. The number of amides is 1. The van der Waals surface area contributed by atoms with Gasteiger partial charge in [0.25, 0.3) is 11.5 Å². The summed E-state index contributed by atoms with van der Waals surface area (Å²) in [7, 11) is 0. The van der Waals surface area contributed by atoms with Crippen LogP contribution in [-0.4, -0.2) is 63.1 Å². The lowest BCUT2D eigenvalue weighted by molar-refractivity contribution is 0.0950. The summed E-state index contributed by atoms with van der Waals surface area (Å²) in [5.41, 5.74) is 3.79. The van der Waals surface area contributed by atoms with Crippen LogP contribution in [0.2, 0.25) is 0 Å². The number of anilines is 1. The van der Waals surface area contributed by atoms with E-state index < -0.39 is 5.82 Å². The number of carbonyl (C=O) groups is 1. The first kappa shape index (κ1) is 22.0. The highest BCUT2D eigenvalue weighted by Gasteiger charge is 2.21. The lowest BCUT2D eigenvalue weighted by Gasteiger charge is -2.36. The first-order valence-corrected chi connectivity index (χ1v) is 11.4. The number of hydrogen-bond donors (Lipinski definition) is 2. The zero-order valence-corrected chi connectivity index (χ0v) is 19.1. The molecule has 0 bridgehead atoms. The van der Waals surface area contributed by atoms with E-state index in [9.17, 15) is 14.0 Å². The molecule has 1 aliphatic heterocycles. The minimum atomic E-state index is -0.412. The fraction of sp³-hybridized carbons (Fsp3) is 0.333. The molecule has 4 aromatic rings. The van der Waals surface area contributed by atoms with Crippen LogP contribution in [0.25, 0.3) is 16.6 Å². The van der Waals surface area contributed by atoms with Gasteiger partial charge in [0.2, 0.25) is 0 Å². The Kier molecular flexibility index (Phi) is 5.74. The minimum Gasteiger partial charge on any atom is -0.368 e. The highest BCUT2D eigenvalue weighted by molar-refractivity contribution is 5.92. The lowest BCUT2D eigenvalue weighted by atomic mass is 10.1. The van der Waals surface area contributed by atoms with Gasteiger partial charge in [-0.2, -0.15) is 5.10 Å². The van der Waals surface area contributed by atoms with Crippen LogP contribution in [0.15, 0.2) is 41.3 Å². The highest BCUT2D eigenvalue weighted by atomic mass is 19.1. The first-order chi connectivity index (χ1) is 16.4. The maximum absolute atomic E-state index is 15.0. The van der Waals surface area contributed by atoms with Gasteiger partial charge in [0.15, 0.2) is 5.82 Å². The Hall–Kier alpha value is -3.79. The van der Waals surface area contributed by atoms with E-state index in [1.165, 1.54) is 16.8 Å². The average Bonchev–Trinajstić information content (AvgIpc) is 3.30. The topological polar surface area (TPSA) is 98.6 Å². The summed E-state index contributed by atoms with van der Waals surface area (Å²) in [6.07, 6.45) is 1.49. The molecule has 10 heteroatoms. The summed E-state index contributed by atoms with van der Waals surface area (Å²) in [4.78, 5) is 36.1. The molecule has 4 heterocycles. The maximum atomic E-state index is 15.0. The van der Waals surface area contributed by atoms with Crippen LogP contribution in [0.3, 0.4) is 0 Å². The molecule has 2 N–H and O–H groups in total. The first-order valence-electron chi connectivity index (χ1n) is 11.4. The van der Waals surface area contributed by atoms with Gasteiger partial charge in [0.05, 0.1) is 23.1 Å². The van der Waals surface area contributed by atoms with Crippen LogP contribution in [-0.2, 0) is 6.54 Å². The number of hydrogen-bond acceptors (Lipinski definition) is 6. The number of halogens is 1. The van der Waals surface area contributed by atoms with E-state index in [4.69, 9.17) is 0 Å². The molecule has 1 saturated heterocycles. The molecule has 0 radical (unpaired) electrons. The number of piperazine rings is 1. The highest BCUT2D eigenvalue weighted by Crippen LogP contribution is 2.23. The number of fused-ring (bicyclic) bond motifs is 3. The molecule has 0 saturated carbocycles. The molecule has 9 nitrogen and oxygen atoms in total. The van der Waals surface area contributed by atoms with Crippen LogP contribution in [0.4, 0.5) is 10.1 Å². The van der Waals surface area contributed by atoms with E-state index in [0.29, 0.717) is 29.8 Å². The van der Waals surface area contributed by atoms with Crippen molar-refractivity contribution in [2.24, 2.45) is 0 Å². The van der Waals surface area contributed by atoms with Crippen molar-refractivity contribution in [3.05, 3.63) is 69.7 Å². The molecule has 176 valence electrons. The van der Waals surface area contributed by atoms with Gasteiger partial charge < -0.3 is 15.2 Å². The molecular weight excluding hydrogens is 437 g/mol. The third-order valence-electron chi connectivity index (χ3n) is 6.21. The second-order valence-electron chi connectivity index (χ2n) is 8.48. The Morgan fingerprint density at radius 2 is 1.97 bits per heavy atom. The molecule has 1 aromatic carbocycles. The lowest BCUT2D eigenvalue weighted by Crippen LogP contribution is -2.46. The standard InChI is InChI=1S/C24H26FN7O2/c1-3-26-23(33)18-4-5-20(15(2)28-18)31-10-8-30(9-11-31)14-16-12-17(25)22-19(13-16)29-24(34)21-6-7-27-32(21)22/h4-7,12-13H,3,8-11,14H2,1-2H3,(H,26,33)(H,29,34). The molecule has 1 fully saturated rings. The van der Waals surface area contributed by atoms with E-state index >= 15 is 0 Å². The van der Waals surface area contributed by atoms with Gasteiger partial charge in [-0.3, -0.25) is 14.5 Å². The smallest absolute Gasteiger partial charge is 0.274 e. The quantitative estimate of drug-likeness (QED) is 0.470. The summed E-state index contributed by atoms with van der Waals surface area (Å²) in [5, 5.41) is 6.87. The van der Waals surface area contributed by atoms with E-state index in [1.807, 2.05) is 26.0 Å². The third-order valence-corrected chi connectivity index (χ3v) is 6.21. The third kappa shape index (κ3) is 4.01. The Morgan fingerprint density at radius 3 is 2.71 bits per heavy atom. The number of carbonyl (C=O) groups excluding carboxylic acids is 1. The van der Waals surface area contributed by atoms with E-state index in [1.54, 1.807) is 12.1 Å². The number of nitrogens with zero attached hydrogens (tertiary/aromatic N) is 5. The van der Waals surface area contributed by atoms with Crippen LogP contribution in [0.5, 0.6) is 0 Å². The number of pyridine rings is 1. The van der Waals surface area contributed by atoms with Gasteiger partial charge in [0, 0.05) is 39.3 Å². The van der Waals surface area contributed by atoms with Crippen molar-refractivity contribution < 1.29 is 9.18 Å². The van der Waals surface area contributed by atoms with Gasteiger partial charge in [-0.1, -0.05) is 0 Å². The van der Waals surface area contributed by atoms with E-state index in [-0.39, 0.29) is 17.0 Å². The predicted octanol–water partition coefficient (Wildman–Crippen LogP) is 2.09. The summed E-state index contributed by atoms with van der Waals surface area (Å²) in [6, 6.07) is 8.61. The number of aromatic amines is 1. The van der Waals surface area contributed by atoms with Gasteiger partial charge in [-0.05, 0) is 49.7 Å². The van der Waals surface area contributed by atoms with Gasteiger partial charge >= 0.3 is 0 Å². The van der Waals surface area contributed by atoms with Crippen molar-refractivity contribution in [3.8, 4) is 0 Å². The number of rotatable bonds is 5. The fourth-order valence-corrected chi connectivity index (χ4v) is 4.57. The van der Waals surface area contributed by atoms with E-state index in [0.717, 1.165) is 43.1 Å². The molecule has 0 spiro atoms. The number of benzene rings is 1. The molecule has 1 aliphatic rings. The Balaban J connectivity index is 1.29. The summed E-state index contributed by atoms with van der Waals surface area (Å²) in [6.45, 7) is 8.12. The Bertz CT molecular complexity index is 1440. The van der Waals surface area contributed by atoms with Crippen molar-refractivity contribution >= 4 is 28.1 Å². The van der Waals surface area contributed by atoms with Gasteiger partial charge in [-0.25, -0.2) is 13.9 Å². The largest absolute Gasteiger partial charge is 0.368 e. The second kappa shape index (κ2) is 8.86.